The minimum atomic E-state index is -0.814. The molecule has 2 amide bonds. The Morgan fingerprint density at radius 1 is 1.02 bits per heavy atom. The number of aromatic nitrogens is 3. The van der Waals surface area contributed by atoms with Crippen molar-refractivity contribution in [2.24, 2.45) is 28.5 Å². The molecule has 1 aliphatic heterocycles. The number of primary amides is 1. The molecule has 5 N–H and O–H groups in total. The molecule has 2 heterocycles. The van der Waals surface area contributed by atoms with Crippen LogP contribution in [0.25, 0.3) is 5.69 Å². The van der Waals surface area contributed by atoms with Gasteiger partial charge in [0, 0.05) is 35.0 Å². The zero-order valence-electron chi connectivity index (χ0n) is 29.2. The van der Waals surface area contributed by atoms with Gasteiger partial charge in [0.1, 0.15) is 23.2 Å². The van der Waals surface area contributed by atoms with E-state index in [0.29, 0.717) is 67.0 Å². The zero-order chi connectivity index (χ0) is 36.0. The maximum Gasteiger partial charge on any atom is 0.223 e. The van der Waals surface area contributed by atoms with E-state index >= 15 is 0 Å². The predicted molar refractivity (Wildman–Crippen MR) is 188 cm³/mol. The summed E-state index contributed by atoms with van der Waals surface area (Å²) in [6, 6.07) is 12.5. The van der Waals surface area contributed by atoms with Crippen molar-refractivity contribution >= 4 is 29.1 Å². The van der Waals surface area contributed by atoms with E-state index in [-0.39, 0.29) is 30.1 Å². The van der Waals surface area contributed by atoms with Gasteiger partial charge in [0.25, 0.3) is 0 Å². The van der Waals surface area contributed by atoms with Crippen LogP contribution in [0.15, 0.2) is 47.5 Å². The first-order chi connectivity index (χ1) is 23.6. The van der Waals surface area contributed by atoms with E-state index in [1.165, 1.54) is 0 Å². The quantitative estimate of drug-likeness (QED) is 0.204. The topological polar surface area (TPSA) is 174 Å². The molecule has 6 rings (SSSR count). The fourth-order valence-corrected chi connectivity index (χ4v) is 7.66. The lowest BCUT2D eigenvalue weighted by Gasteiger charge is -2.31. The first-order valence-electron chi connectivity index (χ1n) is 17.3. The van der Waals surface area contributed by atoms with Crippen LogP contribution in [0.2, 0.25) is 5.02 Å². The Labute approximate surface area is 297 Å². The number of fused-ring (bicyclic) bond motifs is 5. The van der Waals surface area contributed by atoms with Crippen LogP contribution < -0.4 is 15.8 Å². The minimum Gasteiger partial charge on any atom is -0.488 e. The summed E-state index contributed by atoms with van der Waals surface area (Å²) >= 11 is 6.22. The van der Waals surface area contributed by atoms with Crippen LogP contribution in [0.4, 0.5) is 0 Å². The number of carbonyl (C=O) groups is 2. The third-order valence-electron chi connectivity index (χ3n) is 10.3. The first kappa shape index (κ1) is 36.0. The number of aliphatic imine (C=N–C) groups is 1. The van der Waals surface area contributed by atoms with Gasteiger partial charge < -0.3 is 30.7 Å². The highest BCUT2D eigenvalue weighted by atomic mass is 35.5. The number of aliphatic hydroxyl groups is 2. The van der Waals surface area contributed by atoms with Gasteiger partial charge in [-0.15, -0.1) is 10.2 Å². The van der Waals surface area contributed by atoms with Crippen LogP contribution in [0.1, 0.15) is 88.6 Å². The maximum absolute atomic E-state index is 12.8. The number of halogens is 1. The van der Waals surface area contributed by atoms with Crippen molar-refractivity contribution in [2.45, 2.75) is 96.2 Å². The average molecular weight is 707 g/mol. The highest BCUT2D eigenvalue weighted by Crippen LogP contribution is 2.48. The molecule has 2 aliphatic carbocycles. The third-order valence-corrected chi connectivity index (χ3v) is 10.5. The molecule has 3 aliphatic rings. The number of ether oxygens (including phenoxy) is 2. The standard InChI is InChI=1S/C37H47ClN6O6/c1-20-42-43-34-28(19-30(39)45)41-31(21-6-8-23(38)9-7-21)27-18-24(10-11-29(27)44(20)34)50-37(4,5)13-15-49-36(2,3)12-14-40-35(48)26-17-22-16-25(26)33(47)32(22)46/h6-11,18,22,25-26,28,32-33,46-47H,12-17,19H2,1-5H3,(H2,39,45)(H,40,48). The van der Waals surface area contributed by atoms with Gasteiger partial charge >= 0.3 is 0 Å². The molecule has 1 aromatic heterocycles. The molecular weight excluding hydrogens is 660 g/mol. The highest BCUT2D eigenvalue weighted by Gasteiger charge is 2.53. The lowest BCUT2D eigenvalue weighted by molar-refractivity contribution is -0.131. The molecule has 13 heteroatoms. The van der Waals surface area contributed by atoms with E-state index in [1.54, 1.807) is 12.1 Å². The summed E-state index contributed by atoms with van der Waals surface area (Å²) in [6.07, 6.45) is 0.987. The molecule has 2 saturated carbocycles. The van der Waals surface area contributed by atoms with Crippen LogP contribution in [-0.2, 0) is 14.3 Å². The zero-order valence-corrected chi connectivity index (χ0v) is 30.0. The molecule has 0 saturated heterocycles. The van der Waals surface area contributed by atoms with E-state index in [4.69, 9.17) is 31.8 Å². The summed E-state index contributed by atoms with van der Waals surface area (Å²) in [6.45, 7) is 10.8. The van der Waals surface area contributed by atoms with Gasteiger partial charge in [-0.25, -0.2) is 0 Å². The lowest BCUT2D eigenvalue weighted by atomic mass is 9.84. The number of nitrogens with one attached hydrogen (secondary N) is 1. The van der Waals surface area contributed by atoms with E-state index < -0.39 is 35.4 Å². The molecule has 2 fully saturated rings. The molecular formula is C37H47ClN6O6. The highest BCUT2D eigenvalue weighted by molar-refractivity contribution is 6.30. The smallest absolute Gasteiger partial charge is 0.223 e. The van der Waals surface area contributed by atoms with Gasteiger partial charge in [-0.05, 0) is 96.0 Å². The molecule has 2 bridgehead atoms. The van der Waals surface area contributed by atoms with Crippen molar-refractivity contribution in [3.8, 4) is 11.4 Å². The number of rotatable bonds is 13. The number of benzene rings is 2. The van der Waals surface area contributed by atoms with E-state index in [0.717, 1.165) is 16.8 Å². The SMILES string of the molecule is Cc1nnc2n1-c1ccc(OC(C)(C)CCOC(C)(C)CCNC(=O)C3CC4CC3C(O)C4O)cc1C(c1ccc(Cl)cc1)=NC2CC(N)=O. The molecule has 6 atom stereocenters. The van der Waals surface area contributed by atoms with Crippen LogP contribution >= 0.6 is 11.6 Å². The molecule has 3 aromatic rings. The van der Waals surface area contributed by atoms with E-state index in [2.05, 4.69) is 15.5 Å². The first-order valence-corrected chi connectivity index (χ1v) is 17.7. The van der Waals surface area contributed by atoms with Crippen LogP contribution in [0.5, 0.6) is 5.75 Å². The monoisotopic (exact) mass is 706 g/mol. The van der Waals surface area contributed by atoms with Crippen molar-refractivity contribution in [3.05, 3.63) is 70.3 Å². The van der Waals surface area contributed by atoms with Gasteiger partial charge in [0.05, 0.1) is 42.2 Å². The Morgan fingerprint density at radius 3 is 2.44 bits per heavy atom. The van der Waals surface area contributed by atoms with Crippen LogP contribution in [0, 0.1) is 24.7 Å². The number of aliphatic hydroxyl groups excluding tert-OH is 2. The Bertz CT molecular complexity index is 1770. The number of nitrogens with two attached hydrogens (primary N) is 1. The maximum atomic E-state index is 12.8. The Hall–Kier alpha value is -3.84. The summed E-state index contributed by atoms with van der Waals surface area (Å²) in [5.41, 5.74) is 7.62. The van der Waals surface area contributed by atoms with Crippen molar-refractivity contribution in [1.29, 1.82) is 0 Å². The second-order valence-corrected chi connectivity index (χ2v) is 15.5. The number of carbonyl (C=O) groups excluding carboxylic acids is 2. The Balaban J connectivity index is 1.11. The molecule has 0 radical (unpaired) electrons. The summed E-state index contributed by atoms with van der Waals surface area (Å²) in [5, 5.41) is 32.6. The largest absolute Gasteiger partial charge is 0.488 e. The van der Waals surface area contributed by atoms with Gasteiger partial charge in [0.2, 0.25) is 11.8 Å². The molecule has 50 heavy (non-hydrogen) atoms. The van der Waals surface area contributed by atoms with Crippen molar-refractivity contribution in [2.75, 3.05) is 13.2 Å². The second kappa shape index (κ2) is 14.1. The Morgan fingerprint density at radius 2 is 1.76 bits per heavy atom. The summed E-state index contributed by atoms with van der Waals surface area (Å²) < 4.78 is 14.8. The predicted octanol–water partition coefficient (Wildman–Crippen LogP) is 4.22. The van der Waals surface area contributed by atoms with Crippen LogP contribution in [-0.4, -0.2) is 79.1 Å². The second-order valence-electron chi connectivity index (χ2n) is 15.0. The fourth-order valence-electron chi connectivity index (χ4n) is 7.54. The number of nitrogens with zero attached hydrogens (tertiary/aromatic N) is 4. The van der Waals surface area contributed by atoms with E-state index in [9.17, 15) is 19.8 Å². The van der Waals surface area contributed by atoms with Crippen molar-refractivity contribution in [3.63, 3.8) is 0 Å². The summed E-state index contributed by atoms with van der Waals surface area (Å²) in [7, 11) is 0. The lowest BCUT2D eigenvalue weighted by Crippen LogP contribution is -2.44. The van der Waals surface area contributed by atoms with Gasteiger partial charge in [-0.2, -0.15) is 0 Å². The van der Waals surface area contributed by atoms with Gasteiger partial charge in [-0.1, -0.05) is 23.7 Å². The molecule has 6 unspecified atom stereocenters. The van der Waals surface area contributed by atoms with Gasteiger partial charge in [-0.3, -0.25) is 19.1 Å². The van der Waals surface area contributed by atoms with Crippen molar-refractivity contribution < 1.29 is 29.3 Å². The van der Waals surface area contributed by atoms with E-state index in [1.807, 2.05) is 69.5 Å². The number of hydrogen-bond acceptors (Lipinski definition) is 9. The number of aryl methyl sites for hydroxylation is 1. The number of hydrogen-bond donors (Lipinski definition) is 4. The van der Waals surface area contributed by atoms with Crippen molar-refractivity contribution in [1.82, 2.24) is 20.1 Å². The van der Waals surface area contributed by atoms with Gasteiger partial charge in [0.15, 0.2) is 5.82 Å². The molecule has 268 valence electrons. The molecule has 2 aromatic carbocycles. The molecule has 12 nitrogen and oxygen atoms in total. The third kappa shape index (κ3) is 7.58. The fraction of sp³-hybridized carbons (Fsp3) is 0.541. The summed E-state index contributed by atoms with van der Waals surface area (Å²) in [4.78, 5) is 30.0. The summed E-state index contributed by atoms with van der Waals surface area (Å²) in [5.74, 6) is 0.860. The average Bonchev–Trinajstić information content (AvgIpc) is 3.70. The Kier molecular flexibility index (Phi) is 10.1. The van der Waals surface area contributed by atoms with Crippen LogP contribution in [0.3, 0.4) is 0 Å². The normalized spacial score (nSPS) is 24.3. The minimum absolute atomic E-state index is 0.00671. The molecule has 0 spiro atoms. The number of amides is 2.